The van der Waals surface area contributed by atoms with E-state index < -0.39 is 6.09 Å². The quantitative estimate of drug-likeness (QED) is 0.544. The lowest BCUT2D eigenvalue weighted by Gasteiger charge is -2.10. The van der Waals surface area contributed by atoms with E-state index in [4.69, 9.17) is 9.47 Å². The van der Waals surface area contributed by atoms with Crippen molar-refractivity contribution in [3.63, 3.8) is 0 Å². The fourth-order valence-electron chi connectivity index (χ4n) is 2.79. The summed E-state index contributed by atoms with van der Waals surface area (Å²) < 4.78 is 10.4. The number of anilines is 1. The zero-order chi connectivity index (χ0) is 19.5. The number of hydrogen-bond acceptors (Lipinski definition) is 3. The van der Waals surface area contributed by atoms with Gasteiger partial charge >= 0.3 is 6.09 Å². The van der Waals surface area contributed by atoms with Gasteiger partial charge in [-0.15, -0.1) is 0 Å². The van der Waals surface area contributed by atoms with Gasteiger partial charge in [0.1, 0.15) is 0 Å². The molecule has 1 unspecified atom stereocenters. The normalized spacial score (nSPS) is 11.8. The Labute approximate surface area is 162 Å². The van der Waals surface area contributed by atoms with Gasteiger partial charge in [0.15, 0.2) is 0 Å². The summed E-state index contributed by atoms with van der Waals surface area (Å²) in [7, 11) is 1.73. The first-order chi connectivity index (χ1) is 13.1. The molecule has 0 aliphatic rings. The van der Waals surface area contributed by atoms with Crippen LogP contribution in [0.1, 0.15) is 49.3 Å². The van der Waals surface area contributed by atoms with Crippen molar-refractivity contribution >= 4 is 11.8 Å². The summed E-state index contributed by atoms with van der Waals surface area (Å²) in [6.45, 7) is 4.60. The third kappa shape index (κ3) is 8.27. The molecule has 1 amide bonds. The number of benzene rings is 2. The fourth-order valence-corrected chi connectivity index (χ4v) is 2.79. The number of carbonyl (C=O) groups is 1. The highest BCUT2D eigenvalue weighted by Crippen LogP contribution is 2.14. The molecule has 4 nitrogen and oxygen atoms in total. The number of methoxy groups -OCH3 is 1. The van der Waals surface area contributed by atoms with E-state index in [1.165, 1.54) is 16.7 Å². The number of rotatable bonds is 10. The Morgan fingerprint density at radius 3 is 2.22 bits per heavy atom. The van der Waals surface area contributed by atoms with E-state index in [1.807, 2.05) is 24.3 Å². The maximum Gasteiger partial charge on any atom is 0.411 e. The Balaban J connectivity index is 1.66. The second-order valence-corrected chi connectivity index (χ2v) is 7.02. The van der Waals surface area contributed by atoms with Gasteiger partial charge in [-0.2, -0.15) is 0 Å². The lowest BCUT2D eigenvalue weighted by molar-refractivity contribution is 0.107. The van der Waals surface area contributed by atoms with Gasteiger partial charge in [-0.25, -0.2) is 4.79 Å². The molecule has 27 heavy (non-hydrogen) atoms. The molecule has 2 aromatic rings. The van der Waals surface area contributed by atoms with Crippen LogP contribution < -0.4 is 5.32 Å². The molecule has 0 aliphatic carbocycles. The predicted molar refractivity (Wildman–Crippen MR) is 110 cm³/mol. The van der Waals surface area contributed by atoms with Gasteiger partial charge in [0.2, 0.25) is 0 Å². The molecule has 0 spiro atoms. The largest absolute Gasteiger partial charge is 0.449 e. The van der Waals surface area contributed by atoms with Crippen molar-refractivity contribution in [2.75, 3.05) is 19.0 Å². The highest BCUT2D eigenvalue weighted by molar-refractivity contribution is 5.84. The standard InChI is InChI=1S/C23H31NO3/c1-18-8-10-20(11-9-18)17-21-12-14-22(15-13-21)24-23(25)27-16-6-4-5-7-19(2)26-3/h8-15,19H,4-7,16-17H2,1-3H3,(H,24,25). The summed E-state index contributed by atoms with van der Waals surface area (Å²) in [4.78, 5) is 11.9. The first kappa shape index (κ1) is 21.0. The molecule has 2 aromatic carbocycles. The molecule has 0 aromatic heterocycles. The third-order valence-electron chi connectivity index (χ3n) is 4.62. The van der Waals surface area contributed by atoms with Crippen molar-refractivity contribution in [1.82, 2.24) is 0 Å². The van der Waals surface area contributed by atoms with Crippen LogP contribution >= 0.6 is 0 Å². The lowest BCUT2D eigenvalue weighted by atomic mass is 10.0. The zero-order valence-electron chi connectivity index (χ0n) is 16.7. The van der Waals surface area contributed by atoms with Crippen LogP contribution in [0.5, 0.6) is 0 Å². The minimum Gasteiger partial charge on any atom is -0.449 e. The van der Waals surface area contributed by atoms with Crippen LogP contribution in [0.15, 0.2) is 48.5 Å². The van der Waals surface area contributed by atoms with Crippen LogP contribution in [0, 0.1) is 6.92 Å². The SMILES string of the molecule is COC(C)CCCCCOC(=O)Nc1ccc(Cc2ccc(C)cc2)cc1. The van der Waals surface area contributed by atoms with Crippen LogP contribution in [-0.4, -0.2) is 25.9 Å². The topological polar surface area (TPSA) is 47.6 Å². The molecule has 1 N–H and O–H groups in total. The van der Waals surface area contributed by atoms with Gasteiger partial charge in [0, 0.05) is 12.8 Å². The molecule has 4 heteroatoms. The van der Waals surface area contributed by atoms with Gasteiger partial charge in [0.05, 0.1) is 12.7 Å². The van der Waals surface area contributed by atoms with E-state index in [1.54, 1.807) is 7.11 Å². The number of nitrogens with one attached hydrogen (secondary N) is 1. The summed E-state index contributed by atoms with van der Waals surface area (Å²) in [6, 6.07) is 16.4. The van der Waals surface area contributed by atoms with Crippen LogP contribution in [0.2, 0.25) is 0 Å². The van der Waals surface area contributed by atoms with E-state index in [0.717, 1.165) is 37.8 Å². The second-order valence-electron chi connectivity index (χ2n) is 7.02. The lowest BCUT2D eigenvalue weighted by Crippen LogP contribution is -2.14. The first-order valence-corrected chi connectivity index (χ1v) is 9.68. The van der Waals surface area contributed by atoms with Gasteiger partial charge in [-0.1, -0.05) is 48.4 Å². The summed E-state index contributed by atoms with van der Waals surface area (Å²) in [6.07, 6.45) is 4.82. The molecule has 0 saturated carbocycles. The molecule has 1 atom stereocenters. The molecule has 0 aliphatic heterocycles. The monoisotopic (exact) mass is 369 g/mol. The predicted octanol–water partition coefficient (Wildman–Crippen LogP) is 5.73. The maximum atomic E-state index is 11.9. The molecule has 2 rings (SSSR count). The van der Waals surface area contributed by atoms with Crippen molar-refractivity contribution in [1.29, 1.82) is 0 Å². The molecule has 0 saturated heterocycles. The Morgan fingerprint density at radius 1 is 0.963 bits per heavy atom. The van der Waals surface area contributed by atoms with E-state index >= 15 is 0 Å². The number of unbranched alkanes of at least 4 members (excludes halogenated alkanes) is 2. The molecule has 0 radical (unpaired) electrons. The Morgan fingerprint density at radius 2 is 1.59 bits per heavy atom. The molecular formula is C23H31NO3. The van der Waals surface area contributed by atoms with E-state index in [-0.39, 0.29) is 0 Å². The molecular weight excluding hydrogens is 338 g/mol. The maximum absolute atomic E-state index is 11.9. The molecule has 0 fully saturated rings. The Bertz CT molecular complexity index is 680. The van der Waals surface area contributed by atoms with Crippen molar-refractivity contribution in [2.45, 2.75) is 52.1 Å². The van der Waals surface area contributed by atoms with E-state index in [0.29, 0.717) is 12.7 Å². The number of aryl methyl sites for hydroxylation is 1. The summed E-state index contributed by atoms with van der Waals surface area (Å²) in [5.41, 5.74) is 4.51. The van der Waals surface area contributed by atoms with Crippen LogP contribution in [0.4, 0.5) is 10.5 Å². The molecule has 0 bridgehead atoms. The average molecular weight is 370 g/mol. The molecule has 0 heterocycles. The van der Waals surface area contributed by atoms with Crippen LogP contribution in [0.3, 0.4) is 0 Å². The fraction of sp³-hybridized carbons (Fsp3) is 0.435. The van der Waals surface area contributed by atoms with Crippen LogP contribution in [0.25, 0.3) is 0 Å². The van der Waals surface area contributed by atoms with E-state index in [9.17, 15) is 4.79 Å². The van der Waals surface area contributed by atoms with Crippen molar-refractivity contribution in [3.8, 4) is 0 Å². The first-order valence-electron chi connectivity index (χ1n) is 9.68. The average Bonchev–Trinajstić information content (AvgIpc) is 2.67. The van der Waals surface area contributed by atoms with Gasteiger partial charge in [0.25, 0.3) is 0 Å². The number of amides is 1. The van der Waals surface area contributed by atoms with Crippen LogP contribution in [-0.2, 0) is 15.9 Å². The number of carbonyl (C=O) groups excluding carboxylic acids is 1. The van der Waals surface area contributed by atoms with Gasteiger partial charge in [-0.3, -0.25) is 5.32 Å². The minimum atomic E-state index is -0.397. The van der Waals surface area contributed by atoms with Crippen molar-refractivity contribution in [3.05, 3.63) is 65.2 Å². The summed E-state index contributed by atoms with van der Waals surface area (Å²) in [5.74, 6) is 0. The zero-order valence-corrected chi connectivity index (χ0v) is 16.7. The number of ether oxygens (including phenoxy) is 2. The minimum absolute atomic E-state index is 0.295. The second kappa shape index (κ2) is 11.4. The van der Waals surface area contributed by atoms with Crippen molar-refractivity contribution in [2.24, 2.45) is 0 Å². The summed E-state index contributed by atoms with van der Waals surface area (Å²) in [5, 5.41) is 2.78. The highest BCUT2D eigenvalue weighted by Gasteiger charge is 2.04. The van der Waals surface area contributed by atoms with E-state index in [2.05, 4.69) is 43.4 Å². The summed E-state index contributed by atoms with van der Waals surface area (Å²) >= 11 is 0. The highest BCUT2D eigenvalue weighted by atomic mass is 16.5. The Kier molecular flexibility index (Phi) is 8.85. The van der Waals surface area contributed by atoms with Crippen molar-refractivity contribution < 1.29 is 14.3 Å². The molecule has 146 valence electrons. The van der Waals surface area contributed by atoms with Gasteiger partial charge in [-0.05, 0) is 62.8 Å². The third-order valence-corrected chi connectivity index (χ3v) is 4.62. The smallest absolute Gasteiger partial charge is 0.411 e. The Hall–Kier alpha value is -2.33. The number of hydrogen-bond donors (Lipinski definition) is 1. The van der Waals surface area contributed by atoms with Gasteiger partial charge < -0.3 is 9.47 Å².